The van der Waals surface area contributed by atoms with Gasteiger partial charge in [0.15, 0.2) is 0 Å². The first-order valence-corrected chi connectivity index (χ1v) is 4.32. The van der Waals surface area contributed by atoms with Gasteiger partial charge in [-0.3, -0.25) is 0 Å². The highest BCUT2D eigenvalue weighted by Gasteiger charge is 2.72. The van der Waals surface area contributed by atoms with E-state index < -0.39 is 35.0 Å². The summed E-state index contributed by atoms with van der Waals surface area (Å²) >= 11 is 0. The fourth-order valence-corrected chi connectivity index (χ4v) is 1.31. The van der Waals surface area contributed by atoms with E-state index >= 15 is 0 Å². The van der Waals surface area contributed by atoms with Crippen LogP contribution in [0.25, 0.3) is 0 Å². The van der Waals surface area contributed by atoms with Gasteiger partial charge in [0.1, 0.15) is 5.82 Å². The van der Waals surface area contributed by atoms with Crippen molar-refractivity contribution in [1.82, 2.24) is 0 Å². The molecule has 0 atom stereocenters. The molecule has 0 amide bonds. The van der Waals surface area contributed by atoms with Crippen molar-refractivity contribution in [3.63, 3.8) is 0 Å². The molecule has 0 spiro atoms. The first-order valence-electron chi connectivity index (χ1n) is 4.32. The van der Waals surface area contributed by atoms with Crippen molar-refractivity contribution in [2.45, 2.75) is 18.0 Å². The molecule has 2 nitrogen and oxygen atoms in total. The van der Waals surface area contributed by atoms with E-state index in [2.05, 4.69) is 0 Å². The SMILES string of the molecule is Nc1ccc(F)cc1C(O)(C(F)(F)F)C(F)(F)F. The maximum atomic E-state index is 12.8. The Morgan fingerprint density at radius 1 is 0.944 bits per heavy atom. The van der Waals surface area contributed by atoms with Crippen LogP contribution in [0.4, 0.5) is 36.4 Å². The second kappa shape index (κ2) is 4.01. The monoisotopic (exact) mass is 277 g/mol. The van der Waals surface area contributed by atoms with Crippen molar-refractivity contribution in [2.75, 3.05) is 5.73 Å². The molecule has 9 heteroatoms. The molecule has 1 aromatic rings. The van der Waals surface area contributed by atoms with Crippen LogP contribution in [0.3, 0.4) is 0 Å². The number of alkyl halides is 6. The van der Waals surface area contributed by atoms with Crippen molar-refractivity contribution in [1.29, 1.82) is 0 Å². The third kappa shape index (κ3) is 2.09. The summed E-state index contributed by atoms with van der Waals surface area (Å²) < 4.78 is 87.5. The van der Waals surface area contributed by atoms with E-state index in [1.165, 1.54) is 0 Å². The minimum absolute atomic E-state index is 0.101. The van der Waals surface area contributed by atoms with E-state index in [9.17, 15) is 30.7 Å². The molecule has 0 saturated carbocycles. The average Bonchev–Trinajstić information content (AvgIpc) is 2.17. The number of nitrogens with two attached hydrogens (primary N) is 1. The van der Waals surface area contributed by atoms with Crippen LogP contribution < -0.4 is 5.73 Å². The number of anilines is 1. The van der Waals surface area contributed by atoms with Crippen LogP contribution in [0.15, 0.2) is 18.2 Å². The molecule has 18 heavy (non-hydrogen) atoms. The third-order valence-electron chi connectivity index (χ3n) is 2.23. The van der Waals surface area contributed by atoms with Gasteiger partial charge in [-0.1, -0.05) is 0 Å². The second-order valence-electron chi connectivity index (χ2n) is 3.44. The highest BCUT2D eigenvalue weighted by molar-refractivity contribution is 5.51. The zero-order valence-electron chi connectivity index (χ0n) is 8.40. The predicted molar refractivity (Wildman–Crippen MR) is 46.8 cm³/mol. The zero-order valence-corrected chi connectivity index (χ0v) is 8.40. The largest absolute Gasteiger partial charge is 0.430 e. The Kier molecular flexibility index (Phi) is 3.24. The number of halogens is 7. The van der Waals surface area contributed by atoms with E-state index in [1.54, 1.807) is 0 Å². The quantitative estimate of drug-likeness (QED) is 0.612. The molecule has 0 radical (unpaired) electrons. The van der Waals surface area contributed by atoms with Gasteiger partial charge in [0.05, 0.1) is 0 Å². The summed E-state index contributed by atoms with van der Waals surface area (Å²) in [7, 11) is 0. The van der Waals surface area contributed by atoms with E-state index in [4.69, 9.17) is 10.8 Å². The Bertz CT molecular complexity index is 437. The lowest BCUT2D eigenvalue weighted by atomic mass is 9.91. The molecule has 0 aliphatic carbocycles. The minimum atomic E-state index is -6.09. The number of hydrogen-bond donors (Lipinski definition) is 2. The summed E-state index contributed by atoms with van der Waals surface area (Å²) in [5, 5.41) is 8.96. The Hall–Kier alpha value is -1.51. The van der Waals surface area contributed by atoms with E-state index in [-0.39, 0.29) is 6.07 Å². The zero-order chi connectivity index (χ0) is 14.4. The van der Waals surface area contributed by atoms with Crippen LogP contribution in [0, 0.1) is 5.82 Å². The molecule has 3 N–H and O–H groups in total. The summed E-state index contributed by atoms with van der Waals surface area (Å²) in [5.41, 5.74) is -3.08. The first-order chi connectivity index (χ1) is 7.91. The molecule has 1 aromatic carbocycles. The normalized spacial score (nSPS) is 13.8. The highest BCUT2D eigenvalue weighted by atomic mass is 19.4. The summed E-state index contributed by atoms with van der Waals surface area (Å²) in [6.07, 6.45) is -12.2. The van der Waals surface area contributed by atoms with Gasteiger partial charge in [-0.05, 0) is 18.2 Å². The van der Waals surface area contributed by atoms with Crippen LogP contribution >= 0.6 is 0 Å². The summed E-state index contributed by atoms with van der Waals surface area (Å²) in [6, 6.07) is 0.982. The van der Waals surface area contributed by atoms with Gasteiger partial charge in [0, 0.05) is 11.3 Å². The Balaban J connectivity index is 3.61. The summed E-state index contributed by atoms with van der Waals surface area (Å²) in [4.78, 5) is 0. The van der Waals surface area contributed by atoms with Crippen LogP contribution in [0.5, 0.6) is 0 Å². The lowest BCUT2D eigenvalue weighted by Gasteiger charge is -2.33. The maximum absolute atomic E-state index is 12.8. The van der Waals surface area contributed by atoms with E-state index in [0.29, 0.717) is 12.1 Å². The predicted octanol–water partition coefficient (Wildman–Crippen LogP) is 2.72. The van der Waals surface area contributed by atoms with Crippen LogP contribution in [0.2, 0.25) is 0 Å². The number of rotatable bonds is 1. The van der Waals surface area contributed by atoms with Crippen molar-refractivity contribution in [2.24, 2.45) is 0 Å². The van der Waals surface area contributed by atoms with Gasteiger partial charge in [-0.25, -0.2) is 4.39 Å². The number of nitrogen functional groups attached to an aromatic ring is 1. The summed E-state index contributed by atoms with van der Waals surface area (Å²) in [5.74, 6) is -1.38. The fourth-order valence-electron chi connectivity index (χ4n) is 1.31. The standard InChI is InChI=1S/C9H6F7NO/c10-4-1-2-6(17)5(3-4)7(18,8(11,12)13)9(14,15)16/h1-3,18H,17H2. The molecule has 0 bridgehead atoms. The van der Waals surface area contributed by atoms with Gasteiger partial charge < -0.3 is 10.8 Å². The lowest BCUT2D eigenvalue weighted by Crippen LogP contribution is -2.54. The molecule has 0 fully saturated rings. The molecular formula is C9H6F7NO. The Morgan fingerprint density at radius 3 is 1.78 bits per heavy atom. The Morgan fingerprint density at radius 2 is 1.39 bits per heavy atom. The van der Waals surface area contributed by atoms with Crippen molar-refractivity contribution < 1.29 is 35.8 Å². The average molecular weight is 277 g/mol. The van der Waals surface area contributed by atoms with Gasteiger partial charge >= 0.3 is 12.4 Å². The molecule has 0 heterocycles. The van der Waals surface area contributed by atoms with Crippen LogP contribution in [-0.4, -0.2) is 17.5 Å². The second-order valence-corrected chi connectivity index (χ2v) is 3.44. The maximum Gasteiger partial charge on any atom is 0.430 e. The van der Waals surface area contributed by atoms with Crippen molar-refractivity contribution in [3.05, 3.63) is 29.6 Å². The number of aliphatic hydroxyl groups is 1. The highest BCUT2D eigenvalue weighted by Crippen LogP contribution is 2.51. The van der Waals surface area contributed by atoms with Crippen LogP contribution in [-0.2, 0) is 5.60 Å². The molecule has 0 saturated heterocycles. The molecule has 0 aromatic heterocycles. The minimum Gasteiger partial charge on any atom is -0.398 e. The van der Waals surface area contributed by atoms with E-state index in [1.807, 2.05) is 0 Å². The van der Waals surface area contributed by atoms with Gasteiger partial charge in [-0.2, -0.15) is 26.3 Å². The number of hydrogen-bond acceptors (Lipinski definition) is 2. The molecule has 0 aliphatic rings. The molecule has 102 valence electrons. The lowest BCUT2D eigenvalue weighted by molar-refractivity contribution is -0.376. The molecule has 0 unspecified atom stereocenters. The first kappa shape index (κ1) is 14.6. The van der Waals surface area contributed by atoms with Crippen LogP contribution in [0.1, 0.15) is 5.56 Å². The van der Waals surface area contributed by atoms with Crippen molar-refractivity contribution in [3.8, 4) is 0 Å². The smallest absolute Gasteiger partial charge is 0.398 e. The Labute approximate surface area is 95.8 Å². The molecular weight excluding hydrogens is 271 g/mol. The topological polar surface area (TPSA) is 46.2 Å². The molecule has 0 aliphatic heterocycles. The van der Waals surface area contributed by atoms with Gasteiger partial charge in [0.25, 0.3) is 5.60 Å². The number of benzene rings is 1. The van der Waals surface area contributed by atoms with Gasteiger partial charge in [-0.15, -0.1) is 0 Å². The van der Waals surface area contributed by atoms with Gasteiger partial charge in [0.2, 0.25) is 0 Å². The molecule has 1 rings (SSSR count). The fraction of sp³-hybridized carbons (Fsp3) is 0.333. The third-order valence-corrected chi connectivity index (χ3v) is 2.23. The van der Waals surface area contributed by atoms with Crippen molar-refractivity contribution >= 4 is 5.69 Å². The van der Waals surface area contributed by atoms with E-state index in [0.717, 1.165) is 0 Å². The summed E-state index contributed by atoms with van der Waals surface area (Å²) in [6.45, 7) is 0.